The predicted octanol–water partition coefficient (Wildman–Crippen LogP) is 4.61. The van der Waals surface area contributed by atoms with Gasteiger partial charge in [0.2, 0.25) is 0 Å². The van der Waals surface area contributed by atoms with Crippen molar-refractivity contribution in [2.75, 3.05) is 38.7 Å². The van der Waals surface area contributed by atoms with Crippen molar-refractivity contribution in [3.63, 3.8) is 0 Å². The Kier molecular flexibility index (Phi) is 7.92. The molecule has 0 spiro atoms. The van der Waals surface area contributed by atoms with E-state index in [-0.39, 0.29) is 17.9 Å². The molecule has 2 amide bonds. The Morgan fingerprint density at radius 2 is 2.00 bits per heavy atom. The highest BCUT2D eigenvalue weighted by molar-refractivity contribution is 6.08. The van der Waals surface area contributed by atoms with Crippen LogP contribution in [-0.2, 0) is 16.0 Å². The molecule has 4 heterocycles. The van der Waals surface area contributed by atoms with Crippen LogP contribution < -0.4 is 10.1 Å². The van der Waals surface area contributed by atoms with Gasteiger partial charge in [-0.05, 0) is 57.7 Å². The zero-order chi connectivity index (χ0) is 28.3. The number of anilines is 1. The quantitative estimate of drug-likeness (QED) is 0.320. The summed E-state index contributed by atoms with van der Waals surface area (Å²) >= 11 is 0. The maximum atomic E-state index is 13.3. The molecule has 5 rings (SSSR count). The van der Waals surface area contributed by atoms with E-state index in [1.165, 1.54) is 0 Å². The van der Waals surface area contributed by atoms with E-state index in [1.54, 1.807) is 47.1 Å². The number of pyridine rings is 1. The van der Waals surface area contributed by atoms with Crippen LogP contribution in [-0.4, -0.2) is 75.1 Å². The molecule has 11 heteroatoms. The van der Waals surface area contributed by atoms with Crippen molar-refractivity contribution < 1.29 is 23.8 Å². The van der Waals surface area contributed by atoms with Crippen LogP contribution in [0.15, 0.2) is 48.9 Å². The van der Waals surface area contributed by atoms with E-state index in [4.69, 9.17) is 14.2 Å². The molecule has 1 atom stereocenters. The third-order valence-electron chi connectivity index (χ3n) is 6.81. The van der Waals surface area contributed by atoms with Gasteiger partial charge >= 0.3 is 6.09 Å². The summed E-state index contributed by atoms with van der Waals surface area (Å²) < 4.78 is 19.9. The minimum atomic E-state index is -0.520. The number of hydrogen-bond donors (Lipinski definition) is 1. The summed E-state index contributed by atoms with van der Waals surface area (Å²) in [4.78, 5) is 32.0. The Balaban J connectivity index is 1.28. The summed E-state index contributed by atoms with van der Waals surface area (Å²) in [6.45, 7) is 8.55. The summed E-state index contributed by atoms with van der Waals surface area (Å²) in [6, 6.07) is 9.34. The second-order valence-electron chi connectivity index (χ2n) is 11.0. The number of carbonyl (C=O) groups excluding carboxylic acids is 2. The first-order valence-corrected chi connectivity index (χ1v) is 13.5. The number of likely N-dealkylation sites (tertiary alicyclic amines) is 1. The molecular weight excluding hydrogens is 512 g/mol. The highest BCUT2D eigenvalue weighted by atomic mass is 16.6. The van der Waals surface area contributed by atoms with Crippen molar-refractivity contribution in [1.29, 1.82) is 0 Å². The number of aromatic nitrogens is 4. The molecule has 11 nitrogen and oxygen atoms in total. The SMILES string of the molecule is COCCOc1ccn2c(C(=O)Nc3cccc4c3cnn4C[C@@H]3CCCN(C(=O)OC(C)(C)C)C3)cnc2c1. The van der Waals surface area contributed by atoms with Gasteiger partial charge in [-0.15, -0.1) is 0 Å². The average Bonchev–Trinajstić information content (AvgIpc) is 3.53. The van der Waals surface area contributed by atoms with Gasteiger partial charge in [0.05, 0.1) is 30.2 Å². The van der Waals surface area contributed by atoms with E-state index < -0.39 is 5.60 Å². The maximum absolute atomic E-state index is 13.3. The summed E-state index contributed by atoms with van der Waals surface area (Å²) in [6.07, 6.45) is 6.75. The van der Waals surface area contributed by atoms with Gasteiger partial charge in [0.25, 0.3) is 5.91 Å². The zero-order valence-electron chi connectivity index (χ0n) is 23.4. The molecule has 1 aromatic carbocycles. The minimum absolute atomic E-state index is 0.254. The number of rotatable bonds is 8. The number of benzene rings is 1. The smallest absolute Gasteiger partial charge is 0.410 e. The van der Waals surface area contributed by atoms with Crippen LogP contribution in [0.4, 0.5) is 10.5 Å². The molecule has 0 aliphatic carbocycles. The van der Waals surface area contributed by atoms with Gasteiger partial charge in [0, 0.05) is 44.4 Å². The zero-order valence-corrected chi connectivity index (χ0v) is 23.4. The van der Waals surface area contributed by atoms with E-state index in [0.29, 0.717) is 55.6 Å². The molecule has 212 valence electrons. The molecule has 0 bridgehead atoms. The van der Waals surface area contributed by atoms with E-state index in [2.05, 4.69) is 15.4 Å². The Labute approximate surface area is 233 Å². The number of nitrogens with zero attached hydrogens (tertiary/aromatic N) is 5. The van der Waals surface area contributed by atoms with E-state index >= 15 is 0 Å². The Bertz CT molecular complexity index is 1500. The van der Waals surface area contributed by atoms with Gasteiger partial charge in [-0.2, -0.15) is 5.10 Å². The maximum Gasteiger partial charge on any atom is 0.410 e. The molecule has 0 unspecified atom stereocenters. The van der Waals surface area contributed by atoms with Crippen LogP contribution in [0, 0.1) is 5.92 Å². The number of hydrogen-bond acceptors (Lipinski definition) is 7. The van der Waals surface area contributed by atoms with Crippen LogP contribution in [0.1, 0.15) is 44.1 Å². The lowest BCUT2D eigenvalue weighted by molar-refractivity contribution is 0.0156. The third kappa shape index (κ3) is 6.20. The minimum Gasteiger partial charge on any atom is -0.491 e. The van der Waals surface area contributed by atoms with Crippen LogP contribution in [0.2, 0.25) is 0 Å². The first-order valence-electron chi connectivity index (χ1n) is 13.5. The molecule has 1 fully saturated rings. The number of carbonyl (C=O) groups is 2. The summed E-state index contributed by atoms with van der Waals surface area (Å²) in [5.41, 5.74) is 2.09. The second kappa shape index (κ2) is 11.5. The van der Waals surface area contributed by atoms with Crippen LogP contribution in [0.5, 0.6) is 5.75 Å². The van der Waals surface area contributed by atoms with Gasteiger partial charge in [-0.25, -0.2) is 9.78 Å². The fourth-order valence-electron chi connectivity index (χ4n) is 4.96. The molecule has 0 saturated carbocycles. The number of piperidine rings is 1. The van der Waals surface area contributed by atoms with Crippen molar-refractivity contribution in [2.24, 2.45) is 5.92 Å². The fourth-order valence-corrected chi connectivity index (χ4v) is 4.96. The van der Waals surface area contributed by atoms with Gasteiger partial charge in [0.1, 0.15) is 29.3 Å². The van der Waals surface area contributed by atoms with Crippen molar-refractivity contribution in [1.82, 2.24) is 24.1 Å². The molecule has 1 aliphatic rings. The third-order valence-corrected chi connectivity index (χ3v) is 6.81. The molecule has 1 saturated heterocycles. The van der Waals surface area contributed by atoms with E-state index in [9.17, 15) is 9.59 Å². The lowest BCUT2D eigenvalue weighted by atomic mass is 9.98. The fraction of sp³-hybridized carbons (Fsp3) is 0.448. The topological polar surface area (TPSA) is 112 Å². The summed E-state index contributed by atoms with van der Waals surface area (Å²) in [5, 5.41) is 8.50. The number of methoxy groups -OCH3 is 1. The first-order chi connectivity index (χ1) is 19.2. The van der Waals surface area contributed by atoms with E-state index in [1.807, 2.05) is 43.7 Å². The van der Waals surface area contributed by atoms with Gasteiger partial charge in [-0.1, -0.05) is 6.07 Å². The molecule has 1 N–H and O–H groups in total. The van der Waals surface area contributed by atoms with Gasteiger partial charge < -0.3 is 24.4 Å². The Morgan fingerprint density at radius 1 is 1.15 bits per heavy atom. The van der Waals surface area contributed by atoms with Crippen molar-refractivity contribution in [2.45, 2.75) is 45.8 Å². The normalized spacial score (nSPS) is 15.9. The lowest BCUT2D eigenvalue weighted by Gasteiger charge is -2.34. The van der Waals surface area contributed by atoms with Crippen LogP contribution >= 0.6 is 0 Å². The molecule has 40 heavy (non-hydrogen) atoms. The molecule has 3 aromatic heterocycles. The average molecular weight is 549 g/mol. The summed E-state index contributed by atoms with van der Waals surface area (Å²) in [7, 11) is 1.62. The van der Waals surface area contributed by atoms with Crippen LogP contribution in [0.3, 0.4) is 0 Å². The van der Waals surface area contributed by atoms with Gasteiger partial charge in [-0.3, -0.25) is 13.9 Å². The number of fused-ring (bicyclic) bond motifs is 2. The van der Waals surface area contributed by atoms with Crippen molar-refractivity contribution >= 4 is 34.2 Å². The number of ether oxygens (including phenoxy) is 3. The van der Waals surface area contributed by atoms with Gasteiger partial charge in [0.15, 0.2) is 0 Å². The summed E-state index contributed by atoms with van der Waals surface area (Å²) in [5.74, 6) is 0.636. The molecule has 0 radical (unpaired) electrons. The highest BCUT2D eigenvalue weighted by Crippen LogP contribution is 2.27. The van der Waals surface area contributed by atoms with Crippen LogP contribution in [0.25, 0.3) is 16.6 Å². The largest absolute Gasteiger partial charge is 0.491 e. The monoisotopic (exact) mass is 548 g/mol. The highest BCUT2D eigenvalue weighted by Gasteiger charge is 2.28. The number of amides is 2. The number of nitrogens with one attached hydrogen (secondary N) is 1. The lowest BCUT2D eigenvalue weighted by Crippen LogP contribution is -2.43. The van der Waals surface area contributed by atoms with E-state index in [0.717, 1.165) is 23.7 Å². The second-order valence-corrected chi connectivity index (χ2v) is 11.0. The van der Waals surface area contributed by atoms with Crippen molar-refractivity contribution in [3.8, 4) is 5.75 Å². The molecule has 4 aromatic rings. The Hall–Kier alpha value is -4.12. The first kappa shape index (κ1) is 27.4. The number of imidazole rings is 1. The van der Waals surface area contributed by atoms with Crippen molar-refractivity contribution in [3.05, 3.63) is 54.6 Å². The standard InChI is InChI=1S/C29H36N6O5/c1-29(2,3)40-28(37)33-11-6-7-20(18-33)19-35-24-9-5-8-23(22(24)16-31-35)32-27(36)25-17-30-26-15-21(10-12-34(25)26)39-14-13-38-4/h5,8-10,12,15-17,20H,6-7,11,13-14,18-19H2,1-4H3,(H,32,36)/t20-/m1/s1. The Morgan fingerprint density at radius 3 is 2.80 bits per heavy atom. The molecule has 1 aliphatic heterocycles. The predicted molar refractivity (Wildman–Crippen MR) is 151 cm³/mol. The molecular formula is C29H36N6O5.